The Labute approximate surface area is 95.3 Å². The highest BCUT2D eigenvalue weighted by atomic mass is 32.2. The van der Waals surface area contributed by atoms with Crippen LogP contribution in [0.2, 0.25) is 0 Å². The molecule has 3 nitrogen and oxygen atoms in total. The van der Waals surface area contributed by atoms with Gasteiger partial charge in [-0.2, -0.15) is 0 Å². The van der Waals surface area contributed by atoms with E-state index >= 15 is 0 Å². The fraction of sp³-hybridized carbons (Fsp3) is 0.909. The second-order valence-electron chi connectivity index (χ2n) is 3.83. The van der Waals surface area contributed by atoms with Gasteiger partial charge in [0.25, 0.3) is 0 Å². The van der Waals surface area contributed by atoms with Gasteiger partial charge in [-0.05, 0) is 6.42 Å². The second-order valence-corrected chi connectivity index (χ2v) is 5.53. The summed E-state index contributed by atoms with van der Waals surface area (Å²) in [6.45, 7) is 2.19. The van der Waals surface area contributed by atoms with Gasteiger partial charge in [-0.3, -0.25) is 9.00 Å². The van der Waals surface area contributed by atoms with Gasteiger partial charge in [-0.1, -0.05) is 39.0 Å². The number of carbonyl (C=O) groups excluding carboxylic acids is 1. The molecular weight excluding hydrogens is 210 g/mol. The van der Waals surface area contributed by atoms with E-state index in [1.807, 2.05) is 0 Å². The molecule has 90 valence electrons. The molecule has 0 saturated heterocycles. The lowest BCUT2D eigenvalue weighted by Gasteiger charge is -2.01. The predicted molar refractivity (Wildman–Crippen MR) is 65.1 cm³/mol. The van der Waals surface area contributed by atoms with E-state index in [0.717, 1.165) is 18.6 Å². The Bertz CT molecular complexity index is 195. The molecule has 0 bridgehead atoms. The summed E-state index contributed by atoms with van der Waals surface area (Å²) in [5, 5.41) is 0. The Balaban J connectivity index is 3.20. The van der Waals surface area contributed by atoms with E-state index in [-0.39, 0.29) is 12.3 Å². The number of carbonyl (C=O) groups is 1. The van der Waals surface area contributed by atoms with Crippen LogP contribution in [0, 0.1) is 0 Å². The summed E-state index contributed by atoms with van der Waals surface area (Å²) in [5.74, 6) is 0.801. The monoisotopic (exact) mass is 233 g/mol. The summed E-state index contributed by atoms with van der Waals surface area (Å²) in [4.78, 5) is 10.4. The average molecular weight is 233 g/mol. The average Bonchev–Trinajstić information content (AvgIpc) is 2.20. The quantitative estimate of drug-likeness (QED) is 0.586. The Morgan fingerprint density at radius 3 is 2.27 bits per heavy atom. The van der Waals surface area contributed by atoms with E-state index in [2.05, 4.69) is 6.92 Å². The maximum atomic E-state index is 11.3. The van der Waals surface area contributed by atoms with Gasteiger partial charge in [0, 0.05) is 28.7 Å². The molecule has 0 rings (SSSR count). The molecule has 0 aromatic rings. The molecule has 0 radical (unpaired) electrons. The molecule has 1 amide bonds. The molecule has 2 N–H and O–H groups in total. The van der Waals surface area contributed by atoms with Gasteiger partial charge < -0.3 is 5.73 Å². The zero-order valence-corrected chi connectivity index (χ0v) is 10.5. The van der Waals surface area contributed by atoms with Crippen molar-refractivity contribution in [1.29, 1.82) is 0 Å². The van der Waals surface area contributed by atoms with Gasteiger partial charge in [-0.25, -0.2) is 0 Å². The number of nitrogens with two attached hydrogens (primary N) is 1. The van der Waals surface area contributed by atoms with Crippen LogP contribution in [0.1, 0.15) is 51.9 Å². The topological polar surface area (TPSA) is 60.2 Å². The fourth-order valence-corrected chi connectivity index (χ4v) is 2.52. The molecule has 0 unspecified atom stereocenters. The molecule has 0 spiro atoms. The van der Waals surface area contributed by atoms with Crippen molar-refractivity contribution in [1.82, 2.24) is 0 Å². The largest absolute Gasteiger partial charge is 0.370 e. The highest BCUT2D eigenvalue weighted by Gasteiger charge is 2.02. The van der Waals surface area contributed by atoms with Gasteiger partial charge >= 0.3 is 0 Å². The Hall–Kier alpha value is -0.380. The van der Waals surface area contributed by atoms with E-state index in [1.54, 1.807) is 0 Å². The minimum Gasteiger partial charge on any atom is -0.370 e. The molecule has 0 aromatic carbocycles. The molecule has 0 saturated carbocycles. The zero-order valence-electron chi connectivity index (χ0n) is 9.67. The minimum absolute atomic E-state index is 0.252. The summed E-state index contributed by atoms with van der Waals surface area (Å²) in [6.07, 6.45) is 7.49. The lowest BCUT2D eigenvalue weighted by atomic mass is 10.1. The first-order valence-electron chi connectivity index (χ1n) is 5.80. The molecule has 0 aliphatic carbocycles. The molecule has 1 atom stereocenters. The van der Waals surface area contributed by atoms with Crippen LogP contribution < -0.4 is 5.73 Å². The van der Waals surface area contributed by atoms with Crippen molar-refractivity contribution in [2.75, 3.05) is 11.5 Å². The zero-order chi connectivity index (χ0) is 11.5. The van der Waals surface area contributed by atoms with Gasteiger partial charge in [-0.15, -0.1) is 0 Å². The first-order valence-corrected chi connectivity index (χ1v) is 7.29. The van der Waals surface area contributed by atoms with Crippen LogP contribution in [0.5, 0.6) is 0 Å². The van der Waals surface area contributed by atoms with E-state index in [0.29, 0.717) is 5.75 Å². The molecule has 0 fully saturated rings. The SMILES string of the molecule is CCCCCCCC[S@](=O)CCC(N)=O. The van der Waals surface area contributed by atoms with Crippen molar-refractivity contribution in [3.63, 3.8) is 0 Å². The van der Waals surface area contributed by atoms with E-state index < -0.39 is 10.8 Å². The summed E-state index contributed by atoms with van der Waals surface area (Å²) in [5.41, 5.74) is 4.98. The van der Waals surface area contributed by atoms with Crippen LogP contribution in [0.15, 0.2) is 0 Å². The lowest BCUT2D eigenvalue weighted by Crippen LogP contribution is -2.15. The van der Waals surface area contributed by atoms with Crippen LogP contribution >= 0.6 is 0 Å². The van der Waals surface area contributed by atoms with Crippen molar-refractivity contribution < 1.29 is 9.00 Å². The van der Waals surface area contributed by atoms with E-state index in [1.165, 1.54) is 25.7 Å². The molecule has 0 aliphatic rings. The molecule has 0 aliphatic heterocycles. The third-order valence-corrected chi connectivity index (χ3v) is 3.71. The Morgan fingerprint density at radius 2 is 1.67 bits per heavy atom. The first kappa shape index (κ1) is 14.6. The van der Waals surface area contributed by atoms with Gasteiger partial charge in [0.1, 0.15) is 0 Å². The Kier molecular flexibility index (Phi) is 9.89. The number of amides is 1. The van der Waals surface area contributed by atoms with Crippen LogP contribution in [-0.4, -0.2) is 21.6 Å². The van der Waals surface area contributed by atoms with Gasteiger partial charge in [0.15, 0.2) is 0 Å². The van der Waals surface area contributed by atoms with Crippen molar-refractivity contribution in [2.45, 2.75) is 51.9 Å². The number of primary amides is 1. The van der Waals surface area contributed by atoms with Crippen molar-refractivity contribution in [3.8, 4) is 0 Å². The maximum absolute atomic E-state index is 11.3. The summed E-state index contributed by atoms with van der Waals surface area (Å²) in [6, 6.07) is 0. The van der Waals surface area contributed by atoms with Crippen molar-refractivity contribution >= 4 is 16.7 Å². The number of hydrogen-bond donors (Lipinski definition) is 1. The summed E-state index contributed by atoms with van der Waals surface area (Å²) in [7, 11) is -0.849. The summed E-state index contributed by atoms with van der Waals surface area (Å²) < 4.78 is 11.3. The van der Waals surface area contributed by atoms with Gasteiger partial charge in [0.05, 0.1) is 0 Å². The second kappa shape index (κ2) is 10.1. The van der Waals surface area contributed by atoms with E-state index in [4.69, 9.17) is 5.73 Å². The normalized spacial score (nSPS) is 12.6. The fourth-order valence-electron chi connectivity index (χ4n) is 1.36. The van der Waals surface area contributed by atoms with E-state index in [9.17, 15) is 9.00 Å². The number of hydrogen-bond acceptors (Lipinski definition) is 2. The highest BCUT2D eigenvalue weighted by molar-refractivity contribution is 7.84. The summed E-state index contributed by atoms with van der Waals surface area (Å²) >= 11 is 0. The minimum atomic E-state index is -0.849. The lowest BCUT2D eigenvalue weighted by molar-refractivity contribution is -0.117. The molecule has 0 aromatic heterocycles. The van der Waals surface area contributed by atoms with Crippen molar-refractivity contribution in [3.05, 3.63) is 0 Å². The smallest absolute Gasteiger partial charge is 0.218 e. The predicted octanol–water partition coefficient (Wildman–Crippen LogP) is 1.97. The molecule has 15 heavy (non-hydrogen) atoms. The van der Waals surface area contributed by atoms with Crippen LogP contribution in [0.3, 0.4) is 0 Å². The number of unbranched alkanes of at least 4 members (excludes halogenated alkanes) is 5. The van der Waals surface area contributed by atoms with Crippen LogP contribution in [0.25, 0.3) is 0 Å². The highest BCUT2D eigenvalue weighted by Crippen LogP contribution is 2.05. The van der Waals surface area contributed by atoms with Crippen molar-refractivity contribution in [2.24, 2.45) is 5.73 Å². The Morgan fingerprint density at radius 1 is 1.07 bits per heavy atom. The third kappa shape index (κ3) is 11.5. The molecule has 4 heteroatoms. The number of rotatable bonds is 10. The van der Waals surface area contributed by atoms with Crippen LogP contribution in [-0.2, 0) is 15.6 Å². The first-order chi connectivity index (χ1) is 7.16. The standard InChI is InChI=1S/C11H23NO2S/c1-2-3-4-5-6-7-9-15(14)10-8-11(12)13/h2-10H2,1H3,(H2,12,13)/t15-/m0/s1. The maximum Gasteiger partial charge on any atom is 0.218 e. The molecular formula is C11H23NO2S. The van der Waals surface area contributed by atoms with Gasteiger partial charge in [0.2, 0.25) is 5.91 Å². The van der Waals surface area contributed by atoms with Crippen LogP contribution in [0.4, 0.5) is 0 Å². The molecule has 0 heterocycles. The third-order valence-electron chi connectivity index (χ3n) is 2.30.